The van der Waals surface area contributed by atoms with Crippen molar-refractivity contribution in [2.24, 2.45) is 0 Å². The molecule has 2 aromatic carbocycles. The Balaban J connectivity index is 2.48. The number of halogens is 3. The summed E-state index contributed by atoms with van der Waals surface area (Å²) in [4.78, 5) is 10.5. The van der Waals surface area contributed by atoms with Gasteiger partial charge >= 0.3 is 6.18 Å². The third kappa shape index (κ3) is 3.65. The Labute approximate surface area is 138 Å². The fourth-order valence-electron chi connectivity index (χ4n) is 1.86. The molecule has 0 aliphatic carbocycles. The van der Waals surface area contributed by atoms with Gasteiger partial charge in [-0.05, 0) is 30.3 Å². The summed E-state index contributed by atoms with van der Waals surface area (Å²) in [5, 5.41) is 28.6. The number of hydrogen-bond donors (Lipinski definition) is 0. The van der Waals surface area contributed by atoms with E-state index in [0.717, 1.165) is 30.0 Å². The lowest BCUT2D eigenvalue weighted by Gasteiger charge is -2.10. The first-order valence-electron chi connectivity index (χ1n) is 6.24. The lowest BCUT2D eigenvalue weighted by Crippen LogP contribution is -2.07. The van der Waals surface area contributed by atoms with Gasteiger partial charge in [0.2, 0.25) is 0 Å². The topological polar surface area (TPSA) is 90.7 Å². The van der Waals surface area contributed by atoms with Crippen LogP contribution < -0.4 is 0 Å². The minimum Gasteiger partial charge on any atom is -0.258 e. The highest BCUT2D eigenvalue weighted by atomic mass is 32.2. The molecule has 9 heteroatoms. The predicted octanol–water partition coefficient (Wildman–Crippen LogP) is 4.51. The van der Waals surface area contributed by atoms with E-state index in [2.05, 4.69) is 0 Å². The summed E-state index contributed by atoms with van der Waals surface area (Å²) in [7, 11) is 0. The molecule has 0 saturated heterocycles. The van der Waals surface area contributed by atoms with Crippen molar-refractivity contribution in [1.29, 1.82) is 10.5 Å². The van der Waals surface area contributed by atoms with Gasteiger partial charge in [0.1, 0.15) is 0 Å². The molecule has 0 amide bonds. The van der Waals surface area contributed by atoms with Gasteiger partial charge in [-0.3, -0.25) is 10.1 Å². The molecule has 2 rings (SSSR count). The minimum atomic E-state index is -4.71. The van der Waals surface area contributed by atoms with Crippen LogP contribution in [0.4, 0.5) is 18.9 Å². The van der Waals surface area contributed by atoms with Crippen LogP contribution in [-0.4, -0.2) is 4.92 Å². The van der Waals surface area contributed by atoms with E-state index in [4.69, 9.17) is 10.5 Å². The molecule has 0 radical (unpaired) electrons. The van der Waals surface area contributed by atoms with Gasteiger partial charge in [-0.15, -0.1) is 0 Å². The van der Waals surface area contributed by atoms with E-state index in [1.165, 1.54) is 24.3 Å². The maximum absolute atomic E-state index is 13.0. The lowest BCUT2D eigenvalue weighted by atomic mass is 10.1. The predicted molar refractivity (Wildman–Crippen MR) is 78.1 cm³/mol. The highest BCUT2D eigenvalue weighted by molar-refractivity contribution is 7.99. The van der Waals surface area contributed by atoms with E-state index >= 15 is 0 Å². The maximum Gasteiger partial charge on any atom is 0.417 e. The molecular formula is C15H6F3N3O2S. The fourth-order valence-corrected chi connectivity index (χ4v) is 2.80. The van der Waals surface area contributed by atoms with Gasteiger partial charge in [-0.1, -0.05) is 11.8 Å². The zero-order valence-corrected chi connectivity index (χ0v) is 12.5. The molecule has 0 atom stereocenters. The lowest BCUT2D eigenvalue weighted by molar-refractivity contribution is -0.387. The van der Waals surface area contributed by atoms with Gasteiger partial charge in [-0.25, -0.2) is 0 Å². The first-order valence-corrected chi connectivity index (χ1v) is 7.05. The average Bonchev–Trinajstić information content (AvgIpc) is 2.54. The zero-order valence-electron chi connectivity index (χ0n) is 11.7. The molecule has 0 saturated carbocycles. The average molecular weight is 349 g/mol. The highest BCUT2D eigenvalue weighted by Gasteiger charge is 2.34. The Morgan fingerprint density at radius 2 is 1.79 bits per heavy atom. The first kappa shape index (κ1) is 17.3. The van der Waals surface area contributed by atoms with Crippen LogP contribution in [0.3, 0.4) is 0 Å². The molecule has 24 heavy (non-hydrogen) atoms. The minimum absolute atomic E-state index is 0.0712. The second kappa shape index (κ2) is 6.60. The summed E-state index contributed by atoms with van der Waals surface area (Å²) in [6.45, 7) is 0. The smallest absolute Gasteiger partial charge is 0.258 e. The van der Waals surface area contributed by atoms with Crippen LogP contribution in [0, 0.1) is 32.8 Å². The van der Waals surface area contributed by atoms with Crippen molar-refractivity contribution >= 4 is 17.4 Å². The molecule has 0 aliphatic rings. The van der Waals surface area contributed by atoms with E-state index in [1.807, 2.05) is 0 Å². The number of nitro groups is 1. The molecule has 0 aliphatic heterocycles. The van der Waals surface area contributed by atoms with E-state index in [9.17, 15) is 23.3 Å². The largest absolute Gasteiger partial charge is 0.417 e. The second-order valence-corrected chi connectivity index (χ2v) is 5.59. The number of alkyl halides is 3. The number of nitriles is 2. The van der Waals surface area contributed by atoms with Gasteiger partial charge < -0.3 is 0 Å². The van der Waals surface area contributed by atoms with Crippen molar-refractivity contribution in [3.63, 3.8) is 0 Å². The zero-order chi connectivity index (χ0) is 17.9. The summed E-state index contributed by atoms with van der Waals surface area (Å²) in [5.41, 5.74) is -1.94. The van der Waals surface area contributed by atoms with E-state index in [0.29, 0.717) is 0 Å². The standard InChI is InChI=1S/C15H6F3N3O2S/c16-15(17,18)12-6-11(3-2-10(12)8-20)24-14-4-1-9(7-19)5-13(14)21(22)23/h1-6H. The second-order valence-electron chi connectivity index (χ2n) is 4.47. The van der Waals surface area contributed by atoms with Gasteiger partial charge in [0.15, 0.2) is 0 Å². The van der Waals surface area contributed by atoms with E-state index < -0.39 is 22.2 Å². The van der Waals surface area contributed by atoms with Crippen LogP contribution in [0.15, 0.2) is 46.2 Å². The van der Waals surface area contributed by atoms with Crippen molar-refractivity contribution in [2.75, 3.05) is 0 Å². The van der Waals surface area contributed by atoms with Crippen LogP contribution in [-0.2, 0) is 6.18 Å². The Morgan fingerprint density at radius 1 is 1.08 bits per heavy atom. The van der Waals surface area contributed by atoms with Crippen LogP contribution in [0.25, 0.3) is 0 Å². The van der Waals surface area contributed by atoms with Crippen molar-refractivity contribution in [1.82, 2.24) is 0 Å². The maximum atomic E-state index is 13.0. The van der Waals surface area contributed by atoms with Crippen LogP contribution >= 0.6 is 11.8 Å². The third-order valence-electron chi connectivity index (χ3n) is 2.93. The van der Waals surface area contributed by atoms with Crippen molar-refractivity contribution < 1.29 is 18.1 Å². The van der Waals surface area contributed by atoms with Gasteiger partial charge in [-0.2, -0.15) is 23.7 Å². The number of hydrogen-bond acceptors (Lipinski definition) is 5. The van der Waals surface area contributed by atoms with E-state index in [1.54, 1.807) is 6.07 Å². The van der Waals surface area contributed by atoms with Crippen LogP contribution in [0.5, 0.6) is 0 Å². The van der Waals surface area contributed by atoms with Crippen LogP contribution in [0.2, 0.25) is 0 Å². The molecule has 0 aromatic heterocycles. The van der Waals surface area contributed by atoms with Gasteiger partial charge in [0, 0.05) is 11.0 Å². The summed E-state index contributed by atoms with van der Waals surface area (Å²) in [5.74, 6) is 0. The van der Waals surface area contributed by atoms with Gasteiger partial charge in [0.25, 0.3) is 5.69 Å². The molecule has 0 spiro atoms. The van der Waals surface area contributed by atoms with E-state index in [-0.39, 0.29) is 21.0 Å². The molecule has 0 fully saturated rings. The quantitative estimate of drug-likeness (QED) is 0.601. The SMILES string of the molecule is N#Cc1ccc(Sc2ccc(C#N)c(C(F)(F)F)c2)c([N+](=O)[O-])c1. The van der Waals surface area contributed by atoms with Crippen molar-refractivity contribution in [2.45, 2.75) is 16.0 Å². The fraction of sp³-hybridized carbons (Fsp3) is 0.0667. The Kier molecular flexibility index (Phi) is 4.77. The molecular weight excluding hydrogens is 343 g/mol. The molecule has 0 heterocycles. The number of benzene rings is 2. The monoisotopic (exact) mass is 349 g/mol. The normalized spacial score (nSPS) is 10.7. The number of nitrogens with zero attached hydrogens (tertiary/aromatic N) is 3. The molecule has 0 bridgehead atoms. The Hall–Kier alpha value is -3.04. The number of nitro benzene ring substituents is 1. The van der Waals surface area contributed by atoms with Crippen molar-refractivity contribution in [3.05, 3.63) is 63.2 Å². The molecule has 5 nitrogen and oxygen atoms in total. The highest BCUT2D eigenvalue weighted by Crippen LogP contribution is 2.39. The van der Waals surface area contributed by atoms with Crippen LogP contribution in [0.1, 0.15) is 16.7 Å². The Morgan fingerprint density at radius 3 is 2.33 bits per heavy atom. The van der Waals surface area contributed by atoms with Gasteiger partial charge in [0.05, 0.1) is 38.6 Å². The molecule has 120 valence electrons. The third-order valence-corrected chi connectivity index (χ3v) is 3.98. The summed E-state index contributed by atoms with van der Waals surface area (Å²) in [6.07, 6.45) is -4.71. The first-order chi connectivity index (χ1) is 11.3. The molecule has 0 N–H and O–H groups in total. The van der Waals surface area contributed by atoms with Crippen molar-refractivity contribution in [3.8, 4) is 12.1 Å². The Bertz CT molecular complexity index is 898. The number of rotatable bonds is 3. The summed E-state index contributed by atoms with van der Waals surface area (Å²) >= 11 is 0.751. The molecule has 0 unspecified atom stereocenters. The summed E-state index contributed by atoms with van der Waals surface area (Å²) in [6, 6.07) is 9.97. The summed E-state index contributed by atoms with van der Waals surface area (Å²) < 4.78 is 38.9. The molecule has 2 aromatic rings.